The van der Waals surface area contributed by atoms with Crippen molar-refractivity contribution < 1.29 is 18.0 Å². The lowest BCUT2D eigenvalue weighted by Gasteiger charge is -2.21. The van der Waals surface area contributed by atoms with Gasteiger partial charge in [0.2, 0.25) is 0 Å². The molecule has 1 amide bonds. The fourth-order valence-corrected chi connectivity index (χ4v) is 2.98. The second-order valence-electron chi connectivity index (χ2n) is 5.99. The third kappa shape index (κ3) is 3.44. The molecule has 2 aromatic rings. The van der Waals surface area contributed by atoms with Gasteiger partial charge >= 0.3 is 6.18 Å². The number of halogens is 3. The number of alkyl halides is 3. The fraction of sp³-hybridized carbons (Fsp3) is 0.533. The summed E-state index contributed by atoms with van der Waals surface area (Å²) in [5.74, 6) is -0.663. The first-order chi connectivity index (χ1) is 11.3. The van der Waals surface area contributed by atoms with Crippen molar-refractivity contribution in [3.63, 3.8) is 0 Å². The summed E-state index contributed by atoms with van der Waals surface area (Å²) in [6.45, 7) is 0. The first-order valence-electron chi connectivity index (χ1n) is 7.81. The number of nitrogens with zero attached hydrogens (tertiary/aromatic N) is 4. The van der Waals surface area contributed by atoms with Crippen LogP contribution < -0.4 is 5.32 Å². The molecule has 1 aliphatic rings. The van der Waals surface area contributed by atoms with Crippen LogP contribution >= 0.6 is 0 Å². The van der Waals surface area contributed by atoms with Gasteiger partial charge in [0.1, 0.15) is 5.69 Å². The Bertz CT molecular complexity index is 728. The van der Waals surface area contributed by atoms with Crippen molar-refractivity contribution in [2.45, 2.75) is 44.3 Å². The molecule has 0 aromatic carbocycles. The van der Waals surface area contributed by atoms with E-state index >= 15 is 0 Å². The van der Waals surface area contributed by atoms with Crippen LogP contribution in [0.5, 0.6) is 0 Å². The number of hydrogen-bond donors (Lipinski definition) is 1. The number of rotatable bonds is 3. The van der Waals surface area contributed by atoms with E-state index in [0.29, 0.717) is 10.2 Å². The van der Waals surface area contributed by atoms with Gasteiger partial charge in [0.25, 0.3) is 5.91 Å². The van der Waals surface area contributed by atoms with Gasteiger partial charge in [0.15, 0.2) is 5.82 Å². The molecule has 0 atom stereocenters. The first kappa shape index (κ1) is 16.5. The standard InChI is InChI=1S/C15H18F3N5O/c1-22-12(15(16,17)18)7-13(21-22)20-14(24)10-8-19-23(9-10)11-5-3-2-4-6-11/h7-9,11H,2-6H2,1H3,(H,20,21,24). The van der Waals surface area contributed by atoms with Gasteiger partial charge in [0.05, 0.1) is 17.8 Å². The number of anilines is 1. The minimum atomic E-state index is -4.52. The van der Waals surface area contributed by atoms with E-state index in [1.165, 1.54) is 19.7 Å². The van der Waals surface area contributed by atoms with Gasteiger partial charge in [-0.15, -0.1) is 0 Å². The van der Waals surface area contributed by atoms with Crippen molar-refractivity contribution in [3.8, 4) is 0 Å². The Morgan fingerprint density at radius 3 is 2.62 bits per heavy atom. The van der Waals surface area contributed by atoms with Crippen LogP contribution in [0, 0.1) is 0 Å². The molecule has 9 heteroatoms. The number of carbonyl (C=O) groups excluding carboxylic acids is 1. The summed E-state index contributed by atoms with van der Waals surface area (Å²) >= 11 is 0. The molecule has 1 N–H and O–H groups in total. The highest BCUT2D eigenvalue weighted by Gasteiger charge is 2.35. The summed E-state index contributed by atoms with van der Waals surface area (Å²) in [6, 6.07) is 1.09. The molecule has 0 unspecified atom stereocenters. The lowest BCUT2D eigenvalue weighted by Crippen LogP contribution is -2.14. The number of amides is 1. The second-order valence-corrected chi connectivity index (χ2v) is 5.99. The second kappa shape index (κ2) is 6.29. The molecule has 2 heterocycles. The number of nitrogens with one attached hydrogen (secondary N) is 1. The highest BCUT2D eigenvalue weighted by molar-refractivity contribution is 6.03. The highest BCUT2D eigenvalue weighted by atomic mass is 19.4. The van der Waals surface area contributed by atoms with E-state index in [0.717, 1.165) is 31.7 Å². The summed E-state index contributed by atoms with van der Waals surface area (Å²) in [5, 5.41) is 10.3. The van der Waals surface area contributed by atoms with Gasteiger partial charge in [-0.25, -0.2) is 0 Å². The van der Waals surface area contributed by atoms with Crippen molar-refractivity contribution in [2.24, 2.45) is 7.05 Å². The molecule has 1 aliphatic carbocycles. The Morgan fingerprint density at radius 2 is 2.00 bits per heavy atom. The molecule has 0 radical (unpaired) electrons. The fourth-order valence-electron chi connectivity index (χ4n) is 2.98. The van der Waals surface area contributed by atoms with Crippen LogP contribution in [-0.4, -0.2) is 25.5 Å². The van der Waals surface area contributed by atoms with Gasteiger partial charge in [-0.2, -0.15) is 23.4 Å². The zero-order chi connectivity index (χ0) is 17.3. The van der Waals surface area contributed by atoms with Gasteiger partial charge in [-0.05, 0) is 12.8 Å². The topological polar surface area (TPSA) is 64.7 Å². The van der Waals surface area contributed by atoms with Gasteiger partial charge in [-0.3, -0.25) is 14.2 Å². The average molecular weight is 341 g/mol. The van der Waals surface area contributed by atoms with Crippen LogP contribution in [0.4, 0.5) is 19.0 Å². The molecular weight excluding hydrogens is 323 g/mol. The molecule has 2 aromatic heterocycles. The normalized spacial score (nSPS) is 16.3. The number of aryl methyl sites for hydroxylation is 1. The maximum Gasteiger partial charge on any atom is 0.433 e. The summed E-state index contributed by atoms with van der Waals surface area (Å²) in [5.41, 5.74) is -0.615. The summed E-state index contributed by atoms with van der Waals surface area (Å²) in [6.07, 6.45) is 4.09. The molecule has 24 heavy (non-hydrogen) atoms. The van der Waals surface area contributed by atoms with Gasteiger partial charge in [0, 0.05) is 19.3 Å². The molecule has 0 bridgehead atoms. The molecule has 0 spiro atoms. The van der Waals surface area contributed by atoms with Crippen LogP contribution in [0.1, 0.15) is 54.2 Å². The van der Waals surface area contributed by atoms with Crippen LogP contribution in [-0.2, 0) is 13.2 Å². The van der Waals surface area contributed by atoms with Crippen molar-refractivity contribution in [1.29, 1.82) is 0 Å². The van der Waals surface area contributed by atoms with E-state index < -0.39 is 17.8 Å². The van der Waals surface area contributed by atoms with Crippen molar-refractivity contribution >= 4 is 11.7 Å². The monoisotopic (exact) mass is 341 g/mol. The summed E-state index contributed by atoms with van der Waals surface area (Å²) in [7, 11) is 1.18. The lowest BCUT2D eigenvalue weighted by atomic mass is 9.96. The predicted molar refractivity (Wildman–Crippen MR) is 80.5 cm³/mol. The van der Waals surface area contributed by atoms with E-state index in [4.69, 9.17) is 0 Å². The Morgan fingerprint density at radius 1 is 1.29 bits per heavy atom. The largest absolute Gasteiger partial charge is 0.433 e. The zero-order valence-electron chi connectivity index (χ0n) is 13.2. The molecular formula is C15H18F3N5O. The molecule has 1 saturated carbocycles. The van der Waals surface area contributed by atoms with E-state index in [-0.39, 0.29) is 11.9 Å². The maximum absolute atomic E-state index is 12.7. The van der Waals surface area contributed by atoms with E-state index in [1.54, 1.807) is 10.9 Å². The Hall–Kier alpha value is -2.32. The summed E-state index contributed by atoms with van der Waals surface area (Å²) in [4.78, 5) is 12.2. The summed E-state index contributed by atoms with van der Waals surface area (Å²) < 4.78 is 40.7. The minimum Gasteiger partial charge on any atom is -0.305 e. The van der Waals surface area contributed by atoms with E-state index in [1.807, 2.05) is 0 Å². The molecule has 3 rings (SSSR count). The van der Waals surface area contributed by atoms with Crippen LogP contribution in [0.25, 0.3) is 0 Å². The van der Waals surface area contributed by atoms with Crippen LogP contribution in [0.3, 0.4) is 0 Å². The molecule has 6 nitrogen and oxygen atoms in total. The Labute approximate surface area is 136 Å². The predicted octanol–water partition coefficient (Wildman–Crippen LogP) is 3.39. The van der Waals surface area contributed by atoms with E-state index in [2.05, 4.69) is 15.5 Å². The number of carbonyl (C=O) groups is 1. The van der Waals surface area contributed by atoms with Crippen LogP contribution in [0.2, 0.25) is 0 Å². The maximum atomic E-state index is 12.7. The number of hydrogen-bond acceptors (Lipinski definition) is 3. The first-order valence-corrected chi connectivity index (χ1v) is 7.81. The Balaban J connectivity index is 1.70. The van der Waals surface area contributed by atoms with Crippen molar-refractivity contribution in [2.75, 3.05) is 5.32 Å². The third-order valence-corrected chi connectivity index (χ3v) is 4.22. The molecule has 0 saturated heterocycles. The Kier molecular flexibility index (Phi) is 4.33. The highest BCUT2D eigenvalue weighted by Crippen LogP contribution is 2.30. The van der Waals surface area contributed by atoms with E-state index in [9.17, 15) is 18.0 Å². The average Bonchev–Trinajstić information content (AvgIpc) is 3.14. The van der Waals surface area contributed by atoms with Gasteiger partial charge < -0.3 is 5.32 Å². The molecule has 130 valence electrons. The SMILES string of the molecule is Cn1nc(NC(=O)c2cnn(C3CCCCC3)c2)cc1C(F)(F)F. The third-order valence-electron chi connectivity index (χ3n) is 4.22. The smallest absolute Gasteiger partial charge is 0.305 e. The van der Waals surface area contributed by atoms with Crippen molar-refractivity contribution in [3.05, 3.63) is 29.7 Å². The number of aromatic nitrogens is 4. The van der Waals surface area contributed by atoms with Crippen LogP contribution in [0.15, 0.2) is 18.5 Å². The lowest BCUT2D eigenvalue weighted by molar-refractivity contribution is -0.143. The zero-order valence-corrected chi connectivity index (χ0v) is 13.2. The quantitative estimate of drug-likeness (QED) is 0.931. The van der Waals surface area contributed by atoms with Crippen molar-refractivity contribution in [1.82, 2.24) is 19.6 Å². The minimum absolute atomic E-state index is 0.139. The molecule has 1 fully saturated rings. The molecule has 0 aliphatic heterocycles. The van der Waals surface area contributed by atoms with Gasteiger partial charge in [-0.1, -0.05) is 19.3 Å².